The Kier molecular flexibility index (Phi) is 7.24. The first-order valence-corrected chi connectivity index (χ1v) is 11.1. The van der Waals surface area contributed by atoms with E-state index in [-0.39, 0.29) is 0 Å². The lowest BCUT2D eigenvalue weighted by molar-refractivity contribution is 0.155. The highest BCUT2D eigenvalue weighted by Crippen LogP contribution is 2.23. The molecular formula is C23H33N5O2. The third-order valence-electron chi connectivity index (χ3n) is 5.99. The Bertz CT molecular complexity index is 776. The molecule has 162 valence electrons. The van der Waals surface area contributed by atoms with Crippen molar-refractivity contribution in [3.05, 3.63) is 47.9 Å². The van der Waals surface area contributed by atoms with Gasteiger partial charge in [0.2, 0.25) is 0 Å². The van der Waals surface area contributed by atoms with Crippen molar-refractivity contribution in [3.8, 4) is 5.75 Å². The highest BCUT2D eigenvalue weighted by molar-refractivity contribution is 5.80. The normalized spacial score (nSPS) is 19.1. The molecule has 0 unspecified atom stereocenters. The van der Waals surface area contributed by atoms with E-state index < -0.39 is 0 Å². The second-order valence-corrected chi connectivity index (χ2v) is 8.18. The van der Waals surface area contributed by atoms with Crippen molar-refractivity contribution in [1.29, 1.82) is 0 Å². The van der Waals surface area contributed by atoms with E-state index in [1.54, 1.807) is 6.26 Å². The van der Waals surface area contributed by atoms with E-state index in [4.69, 9.17) is 9.26 Å². The van der Waals surface area contributed by atoms with Crippen LogP contribution in [0.1, 0.15) is 43.4 Å². The number of nitrogens with zero attached hydrogens (tertiary/aromatic N) is 4. The van der Waals surface area contributed by atoms with Crippen molar-refractivity contribution >= 4 is 5.96 Å². The number of rotatable bonds is 6. The van der Waals surface area contributed by atoms with E-state index in [1.807, 2.05) is 13.1 Å². The number of piperazine rings is 1. The van der Waals surface area contributed by atoms with Crippen LogP contribution in [-0.4, -0.2) is 60.2 Å². The standard InChI is InChI=1S/C23H33N5O2/c1-24-23(28-14-12-27(13-15-28)18-20-11-16-29-26-20)25-17-19-7-9-22(10-8-19)30-21-5-3-2-4-6-21/h7-11,16,21H,2-6,12-15,17-18H2,1H3,(H,24,25). The number of hydrogen-bond donors (Lipinski definition) is 1. The molecular weight excluding hydrogens is 378 g/mol. The van der Waals surface area contributed by atoms with Gasteiger partial charge in [-0.25, -0.2) is 0 Å². The fraction of sp³-hybridized carbons (Fsp3) is 0.565. The van der Waals surface area contributed by atoms with Gasteiger partial charge in [0.05, 0.1) is 11.8 Å². The molecule has 0 radical (unpaired) electrons. The number of benzene rings is 1. The molecule has 1 saturated carbocycles. The molecule has 1 aromatic heterocycles. The van der Waals surface area contributed by atoms with E-state index in [2.05, 4.69) is 49.5 Å². The Morgan fingerprint density at radius 1 is 1.10 bits per heavy atom. The average molecular weight is 412 g/mol. The van der Waals surface area contributed by atoms with Crippen LogP contribution in [0.25, 0.3) is 0 Å². The average Bonchev–Trinajstić information content (AvgIpc) is 3.30. The van der Waals surface area contributed by atoms with Gasteiger partial charge in [-0.2, -0.15) is 0 Å². The van der Waals surface area contributed by atoms with Crippen LogP contribution < -0.4 is 10.1 Å². The maximum Gasteiger partial charge on any atom is 0.194 e. The van der Waals surface area contributed by atoms with Crippen molar-refractivity contribution in [3.63, 3.8) is 0 Å². The summed E-state index contributed by atoms with van der Waals surface area (Å²) < 4.78 is 11.1. The topological polar surface area (TPSA) is 66.1 Å². The monoisotopic (exact) mass is 411 g/mol. The van der Waals surface area contributed by atoms with Gasteiger partial charge in [0, 0.05) is 52.4 Å². The molecule has 0 amide bonds. The van der Waals surface area contributed by atoms with Crippen molar-refractivity contribution in [2.24, 2.45) is 4.99 Å². The van der Waals surface area contributed by atoms with Crippen molar-refractivity contribution in [2.75, 3.05) is 33.2 Å². The molecule has 2 aliphatic rings. The molecule has 0 spiro atoms. The molecule has 1 aliphatic heterocycles. The lowest BCUT2D eigenvalue weighted by atomic mass is 9.98. The number of ether oxygens (including phenoxy) is 1. The maximum atomic E-state index is 6.13. The van der Waals surface area contributed by atoms with Crippen LogP contribution in [0.2, 0.25) is 0 Å². The third kappa shape index (κ3) is 5.75. The summed E-state index contributed by atoms with van der Waals surface area (Å²) in [6.45, 7) is 5.47. The van der Waals surface area contributed by atoms with Gasteiger partial charge in [-0.05, 0) is 43.4 Å². The second-order valence-electron chi connectivity index (χ2n) is 8.18. The Morgan fingerprint density at radius 2 is 1.87 bits per heavy atom. The van der Waals surface area contributed by atoms with Crippen LogP contribution in [0.4, 0.5) is 0 Å². The van der Waals surface area contributed by atoms with Crippen LogP contribution in [-0.2, 0) is 13.1 Å². The molecule has 4 rings (SSSR count). The van der Waals surface area contributed by atoms with Crippen molar-refractivity contribution in [2.45, 2.75) is 51.3 Å². The molecule has 1 saturated heterocycles. The number of hydrogen-bond acceptors (Lipinski definition) is 5. The first-order chi connectivity index (χ1) is 14.8. The number of nitrogens with one attached hydrogen (secondary N) is 1. The molecule has 0 atom stereocenters. The van der Waals surface area contributed by atoms with Crippen molar-refractivity contribution < 1.29 is 9.26 Å². The SMILES string of the molecule is CN=C(NCc1ccc(OC2CCCCC2)cc1)N1CCN(Cc2ccon2)CC1. The smallest absolute Gasteiger partial charge is 0.194 e. The van der Waals surface area contributed by atoms with Crippen LogP contribution in [0.15, 0.2) is 46.1 Å². The summed E-state index contributed by atoms with van der Waals surface area (Å²) in [5.41, 5.74) is 2.22. The maximum absolute atomic E-state index is 6.13. The molecule has 1 aromatic carbocycles. The first-order valence-electron chi connectivity index (χ1n) is 11.1. The second kappa shape index (κ2) is 10.5. The Labute approximate surface area is 179 Å². The van der Waals surface area contributed by atoms with Gasteiger partial charge in [-0.1, -0.05) is 23.7 Å². The van der Waals surface area contributed by atoms with Crippen LogP contribution in [0, 0.1) is 0 Å². The molecule has 2 aromatic rings. The number of guanidine groups is 1. The number of aromatic nitrogens is 1. The summed E-state index contributed by atoms with van der Waals surface area (Å²) in [6, 6.07) is 10.4. The predicted octanol–water partition coefficient (Wildman–Crippen LogP) is 3.28. The Hall–Kier alpha value is -2.54. The lowest BCUT2D eigenvalue weighted by Gasteiger charge is -2.36. The largest absolute Gasteiger partial charge is 0.490 e. The molecule has 0 bridgehead atoms. The first kappa shape index (κ1) is 20.7. The summed E-state index contributed by atoms with van der Waals surface area (Å²) in [6.07, 6.45) is 8.33. The molecule has 7 heteroatoms. The van der Waals surface area contributed by atoms with Gasteiger partial charge in [0.1, 0.15) is 12.0 Å². The van der Waals surface area contributed by atoms with Crippen LogP contribution in [0.3, 0.4) is 0 Å². The lowest BCUT2D eigenvalue weighted by Crippen LogP contribution is -2.52. The van der Waals surface area contributed by atoms with E-state index in [1.165, 1.54) is 37.7 Å². The minimum absolute atomic E-state index is 0.393. The summed E-state index contributed by atoms with van der Waals surface area (Å²) in [7, 11) is 1.85. The third-order valence-corrected chi connectivity index (χ3v) is 5.99. The van der Waals surface area contributed by atoms with Crippen molar-refractivity contribution in [1.82, 2.24) is 20.3 Å². The van der Waals surface area contributed by atoms with Gasteiger partial charge in [0.15, 0.2) is 5.96 Å². The highest BCUT2D eigenvalue weighted by Gasteiger charge is 2.20. The zero-order chi connectivity index (χ0) is 20.6. The van der Waals surface area contributed by atoms with Gasteiger partial charge in [-0.3, -0.25) is 9.89 Å². The molecule has 1 aliphatic carbocycles. The van der Waals surface area contributed by atoms with Gasteiger partial charge >= 0.3 is 0 Å². The van der Waals surface area contributed by atoms with E-state index in [9.17, 15) is 0 Å². The predicted molar refractivity (Wildman–Crippen MR) is 117 cm³/mol. The summed E-state index contributed by atoms with van der Waals surface area (Å²) in [5, 5.41) is 7.51. The quantitative estimate of drug-likeness (QED) is 0.581. The highest BCUT2D eigenvalue weighted by atomic mass is 16.5. The van der Waals surface area contributed by atoms with E-state index in [0.29, 0.717) is 6.10 Å². The summed E-state index contributed by atoms with van der Waals surface area (Å²) >= 11 is 0. The number of aliphatic imine (C=N–C) groups is 1. The summed E-state index contributed by atoms with van der Waals surface area (Å²) in [5.74, 6) is 1.94. The van der Waals surface area contributed by atoms with Crippen LogP contribution in [0.5, 0.6) is 5.75 Å². The van der Waals surface area contributed by atoms with E-state index >= 15 is 0 Å². The molecule has 2 heterocycles. The van der Waals surface area contributed by atoms with Gasteiger partial charge in [0.25, 0.3) is 0 Å². The van der Waals surface area contributed by atoms with E-state index in [0.717, 1.165) is 56.7 Å². The molecule has 7 nitrogen and oxygen atoms in total. The minimum Gasteiger partial charge on any atom is -0.490 e. The molecule has 2 fully saturated rings. The molecule has 1 N–H and O–H groups in total. The minimum atomic E-state index is 0.393. The Balaban J connectivity index is 1.21. The summed E-state index contributed by atoms with van der Waals surface area (Å²) in [4.78, 5) is 9.20. The zero-order valence-electron chi connectivity index (χ0n) is 17.9. The zero-order valence-corrected chi connectivity index (χ0v) is 17.9. The van der Waals surface area contributed by atoms with Gasteiger partial charge < -0.3 is 19.5 Å². The van der Waals surface area contributed by atoms with Gasteiger partial charge in [-0.15, -0.1) is 0 Å². The Morgan fingerprint density at radius 3 is 2.53 bits per heavy atom. The van der Waals surface area contributed by atoms with Crippen LogP contribution >= 0.6 is 0 Å². The fourth-order valence-corrected chi connectivity index (χ4v) is 4.24. The molecule has 30 heavy (non-hydrogen) atoms. The fourth-order valence-electron chi connectivity index (χ4n) is 4.24.